The normalized spacial score (nSPS) is 10.8. The van der Waals surface area contributed by atoms with Crippen LogP contribution in [-0.2, 0) is 11.3 Å². The average Bonchev–Trinajstić information content (AvgIpc) is 3.10. The Hall–Kier alpha value is -2.38. The molecule has 0 atom stereocenters. The number of fused-ring (bicyclic) bond motifs is 1. The molecule has 118 valence electrons. The molecular weight excluding hydrogens is 336 g/mol. The van der Waals surface area contributed by atoms with Crippen molar-refractivity contribution in [2.75, 3.05) is 5.32 Å². The molecule has 1 aromatic carbocycles. The van der Waals surface area contributed by atoms with Gasteiger partial charge in [0.25, 0.3) is 5.91 Å². The van der Waals surface area contributed by atoms with Gasteiger partial charge in [0.2, 0.25) is 5.91 Å². The van der Waals surface area contributed by atoms with Gasteiger partial charge in [0.1, 0.15) is 4.88 Å². The third kappa shape index (κ3) is 3.35. The van der Waals surface area contributed by atoms with E-state index in [1.807, 2.05) is 24.3 Å². The van der Waals surface area contributed by atoms with E-state index in [0.29, 0.717) is 22.3 Å². The number of nitrogens with one attached hydrogen (secondary N) is 1. The lowest BCUT2D eigenvalue weighted by Crippen LogP contribution is -2.15. The van der Waals surface area contributed by atoms with Crippen LogP contribution in [-0.4, -0.2) is 21.6 Å². The standard InChI is InChI=1S/C15H13ClN4O2S/c16-13-9-3-1-2-4-10(9)23-14(13)15(22)18-12-6-8-20(19-12)7-5-11(17)21/h1-4,6,8H,5,7H2,(H2,17,21)(H,18,19,22). The molecule has 0 fully saturated rings. The van der Waals surface area contributed by atoms with E-state index < -0.39 is 5.91 Å². The molecule has 2 aromatic heterocycles. The van der Waals surface area contributed by atoms with Crippen molar-refractivity contribution in [1.29, 1.82) is 0 Å². The van der Waals surface area contributed by atoms with Crippen molar-refractivity contribution in [2.24, 2.45) is 5.73 Å². The maximum absolute atomic E-state index is 12.4. The Labute approximate surface area is 140 Å². The van der Waals surface area contributed by atoms with Gasteiger partial charge >= 0.3 is 0 Å². The Kier molecular flexibility index (Phi) is 4.31. The number of carbonyl (C=O) groups excluding carboxylic acids is 2. The molecule has 6 nitrogen and oxygen atoms in total. The molecule has 23 heavy (non-hydrogen) atoms. The van der Waals surface area contributed by atoms with Crippen LogP contribution in [0.1, 0.15) is 16.1 Å². The van der Waals surface area contributed by atoms with Crippen molar-refractivity contribution in [3.8, 4) is 0 Å². The van der Waals surface area contributed by atoms with Gasteiger partial charge in [-0.15, -0.1) is 11.3 Å². The minimum atomic E-state index is -0.400. The van der Waals surface area contributed by atoms with Crippen molar-refractivity contribution in [3.63, 3.8) is 0 Å². The third-order valence-corrected chi connectivity index (χ3v) is 4.88. The number of hydrogen-bond acceptors (Lipinski definition) is 4. The molecule has 0 radical (unpaired) electrons. The largest absolute Gasteiger partial charge is 0.370 e. The molecule has 0 bridgehead atoms. The summed E-state index contributed by atoms with van der Waals surface area (Å²) in [5.74, 6) is -0.313. The maximum atomic E-state index is 12.4. The fourth-order valence-electron chi connectivity index (χ4n) is 2.11. The van der Waals surface area contributed by atoms with Crippen LogP contribution in [0.5, 0.6) is 0 Å². The summed E-state index contributed by atoms with van der Waals surface area (Å²) in [7, 11) is 0. The molecule has 0 saturated carbocycles. The van der Waals surface area contributed by atoms with Crippen LogP contribution in [0.2, 0.25) is 5.02 Å². The van der Waals surface area contributed by atoms with Crippen LogP contribution in [0.25, 0.3) is 10.1 Å². The van der Waals surface area contributed by atoms with E-state index in [1.54, 1.807) is 16.9 Å². The molecule has 0 saturated heterocycles. The Morgan fingerprint density at radius 3 is 2.83 bits per heavy atom. The number of anilines is 1. The lowest BCUT2D eigenvalue weighted by atomic mass is 10.2. The van der Waals surface area contributed by atoms with E-state index in [0.717, 1.165) is 10.1 Å². The molecule has 3 aromatic rings. The lowest BCUT2D eigenvalue weighted by molar-refractivity contribution is -0.118. The molecule has 0 unspecified atom stereocenters. The second-order valence-corrected chi connectivity index (χ2v) is 6.31. The first-order valence-corrected chi connectivity index (χ1v) is 8.04. The van der Waals surface area contributed by atoms with E-state index in [1.165, 1.54) is 11.3 Å². The summed E-state index contributed by atoms with van der Waals surface area (Å²) in [6, 6.07) is 9.23. The summed E-state index contributed by atoms with van der Waals surface area (Å²) >= 11 is 7.61. The number of hydrogen-bond donors (Lipinski definition) is 2. The number of nitrogens with two attached hydrogens (primary N) is 1. The highest BCUT2D eigenvalue weighted by Crippen LogP contribution is 2.35. The highest BCUT2D eigenvalue weighted by molar-refractivity contribution is 7.21. The molecule has 3 rings (SSSR count). The van der Waals surface area contributed by atoms with Crippen LogP contribution < -0.4 is 11.1 Å². The number of nitrogens with zero attached hydrogens (tertiary/aromatic N) is 2. The van der Waals surface area contributed by atoms with Gasteiger partial charge in [-0.1, -0.05) is 29.8 Å². The predicted octanol–water partition coefficient (Wildman–Crippen LogP) is 2.88. The average molecular weight is 349 g/mol. The number of carbonyl (C=O) groups is 2. The first kappa shape index (κ1) is 15.5. The predicted molar refractivity (Wildman–Crippen MR) is 90.8 cm³/mol. The topological polar surface area (TPSA) is 90.0 Å². The number of benzene rings is 1. The second kappa shape index (κ2) is 6.39. The molecule has 2 amide bonds. The molecule has 0 aliphatic carbocycles. The number of aryl methyl sites for hydroxylation is 1. The molecule has 0 aliphatic rings. The van der Waals surface area contributed by atoms with Crippen LogP contribution in [0.3, 0.4) is 0 Å². The van der Waals surface area contributed by atoms with Crippen molar-refractivity contribution in [3.05, 3.63) is 46.4 Å². The van der Waals surface area contributed by atoms with E-state index in [2.05, 4.69) is 10.4 Å². The van der Waals surface area contributed by atoms with Gasteiger partial charge in [-0.25, -0.2) is 0 Å². The van der Waals surface area contributed by atoms with Crippen LogP contribution in [0, 0.1) is 0 Å². The van der Waals surface area contributed by atoms with Gasteiger partial charge in [-0.3, -0.25) is 14.3 Å². The first-order chi connectivity index (χ1) is 11.0. The Morgan fingerprint density at radius 2 is 2.09 bits per heavy atom. The SMILES string of the molecule is NC(=O)CCn1ccc(NC(=O)c2sc3ccccc3c2Cl)n1. The lowest BCUT2D eigenvalue weighted by Gasteiger charge is -2.01. The molecule has 8 heteroatoms. The number of primary amides is 1. The Bertz CT molecular complexity index is 887. The van der Waals surface area contributed by atoms with Crippen LogP contribution in [0.15, 0.2) is 36.5 Å². The van der Waals surface area contributed by atoms with E-state index in [9.17, 15) is 9.59 Å². The van der Waals surface area contributed by atoms with Gasteiger partial charge in [0.05, 0.1) is 5.02 Å². The summed E-state index contributed by atoms with van der Waals surface area (Å²) in [5, 5.41) is 8.18. The zero-order valence-electron chi connectivity index (χ0n) is 12.0. The minimum absolute atomic E-state index is 0.192. The number of halogens is 1. The Balaban J connectivity index is 1.75. The van der Waals surface area contributed by atoms with Crippen LogP contribution in [0.4, 0.5) is 5.82 Å². The minimum Gasteiger partial charge on any atom is -0.370 e. The number of amides is 2. The van der Waals surface area contributed by atoms with Crippen LogP contribution >= 0.6 is 22.9 Å². The number of thiophene rings is 1. The maximum Gasteiger partial charge on any atom is 0.268 e. The number of rotatable bonds is 5. The van der Waals surface area contributed by atoms with Gasteiger partial charge in [-0.05, 0) is 6.07 Å². The third-order valence-electron chi connectivity index (χ3n) is 3.21. The summed E-state index contributed by atoms with van der Waals surface area (Å²) in [6.07, 6.45) is 1.86. The van der Waals surface area contributed by atoms with Crippen molar-refractivity contribution >= 4 is 50.7 Å². The fraction of sp³-hybridized carbons (Fsp3) is 0.133. The van der Waals surface area contributed by atoms with Gasteiger partial charge in [0.15, 0.2) is 5.82 Å². The highest BCUT2D eigenvalue weighted by Gasteiger charge is 2.17. The van der Waals surface area contributed by atoms with Gasteiger partial charge < -0.3 is 11.1 Å². The summed E-state index contributed by atoms with van der Waals surface area (Å²) in [6.45, 7) is 0.370. The van der Waals surface area contributed by atoms with Gasteiger partial charge in [-0.2, -0.15) is 5.10 Å². The number of aromatic nitrogens is 2. The van der Waals surface area contributed by atoms with Crippen molar-refractivity contribution < 1.29 is 9.59 Å². The molecular formula is C15H13ClN4O2S. The summed E-state index contributed by atoms with van der Waals surface area (Å²) < 4.78 is 2.50. The van der Waals surface area contributed by atoms with Gasteiger partial charge in [0, 0.05) is 35.3 Å². The summed E-state index contributed by atoms with van der Waals surface area (Å²) in [4.78, 5) is 23.6. The van der Waals surface area contributed by atoms with E-state index >= 15 is 0 Å². The molecule has 0 spiro atoms. The second-order valence-electron chi connectivity index (χ2n) is 4.88. The summed E-state index contributed by atoms with van der Waals surface area (Å²) in [5.41, 5.74) is 5.09. The first-order valence-electron chi connectivity index (χ1n) is 6.85. The smallest absolute Gasteiger partial charge is 0.268 e. The van der Waals surface area contributed by atoms with E-state index in [-0.39, 0.29) is 12.3 Å². The molecule has 2 heterocycles. The zero-order chi connectivity index (χ0) is 16.4. The Morgan fingerprint density at radius 1 is 1.30 bits per heavy atom. The zero-order valence-corrected chi connectivity index (χ0v) is 13.5. The highest BCUT2D eigenvalue weighted by atomic mass is 35.5. The van der Waals surface area contributed by atoms with Crippen molar-refractivity contribution in [2.45, 2.75) is 13.0 Å². The van der Waals surface area contributed by atoms with E-state index in [4.69, 9.17) is 17.3 Å². The fourth-order valence-corrected chi connectivity index (χ4v) is 3.52. The van der Waals surface area contributed by atoms with Crippen molar-refractivity contribution in [1.82, 2.24) is 9.78 Å². The quantitative estimate of drug-likeness (QED) is 0.742. The molecule has 0 aliphatic heterocycles. The molecule has 3 N–H and O–H groups in total. The monoisotopic (exact) mass is 348 g/mol.